The lowest BCUT2D eigenvalue weighted by Gasteiger charge is -2.39. The summed E-state index contributed by atoms with van der Waals surface area (Å²) >= 11 is 12.7. The molecule has 35 heavy (non-hydrogen) atoms. The maximum absolute atomic E-state index is 13.1. The van der Waals surface area contributed by atoms with E-state index in [0.717, 1.165) is 0 Å². The number of furan rings is 1. The molecule has 3 amide bonds. The van der Waals surface area contributed by atoms with Gasteiger partial charge in [-0.05, 0) is 30.7 Å². The highest BCUT2D eigenvalue weighted by molar-refractivity contribution is 6.42. The second kappa shape index (κ2) is 10.7. The molecule has 0 spiro atoms. The molecule has 2 aliphatic rings. The van der Waals surface area contributed by atoms with Crippen molar-refractivity contribution in [1.82, 2.24) is 20.0 Å². The number of carbonyl (C=O) groups is 3. The number of nitrogens with one attached hydrogen (secondary N) is 1. The maximum atomic E-state index is 13.1. The highest BCUT2D eigenvalue weighted by Gasteiger charge is 2.38. The summed E-state index contributed by atoms with van der Waals surface area (Å²) in [6.07, 6.45) is 1.47. The van der Waals surface area contributed by atoms with Gasteiger partial charge in [0.2, 0.25) is 0 Å². The van der Waals surface area contributed by atoms with Gasteiger partial charge in [0.05, 0.1) is 34.5 Å². The van der Waals surface area contributed by atoms with Gasteiger partial charge >= 0.3 is 12.0 Å². The number of hydrogen-bond donors (Lipinski definition) is 1. The number of ether oxygens (including phenoxy) is 1. The zero-order valence-electron chi connectivity index (χ0n) is 19.4. The summed E-state index contributed by atoms with van der Waals surface area (Å²) in [7, 11) is 1.61. The average molecular weight is 521 g/mol. The van der Waals surface area contributed by atoms with E-state index in [4.69, 9.17) is 32.4 Å². The molecule has 11 heteroatoms. The van der Waals surface area contributed by atoms with Crippen LogP contribution in [0.15, 0.2) is 52.3 Å². The Bertz CT molecular complexity index is 1140. The molecule has 1 unspecified atom stereocenters. The standard InChI is InChI=1S/C24H26Cl2N4O5/c1-3-34-23(32)19-17(14-29-9-11-30(12-10-29)22(31)18-8-5-13-35-18)28(2)24(33)27-21(19)15-6-4-7-16(25)20(15)26/h4-8,13,21H,3,9-12,14H2,1-2H3,(H,27,33). The maximum Gasteiger partial charge on any atom is 0.338 e. The second-order valence-corrected chi connectivity index (χ2v) is 9.00. The van der Waals surface area contributed by atoms with Gasteiger partial charge in [-0.1, -0.05) is 35.3 Å². The van der Waals surface area contributed by atoms with Gasteiger partial charge < -0.3 is 19.4 Å². The van der Waals surface area contributed by atoms with Crippen LogP contribution in [0.1, 0.15) is 29.1 Å². The number of amides is 3. The summed E-state index contributed by atoms with van der Waals surface area (Å²) < 4.78 is 10.6. The third-order valence-electron chi connectivity index (χ3n) is 6.13. The summed E-state index contributed by atoms with van der Waals surface area (Å²) in [6.45, 7) is 4.31. The monoisotopic (exact) mass is 520 g/mol. The molecule has 1 atom stereocenters. The van der Waals surface area contributed by atoms with E-state index in [1.165, 1.54) is 11.2 Å². The molecule has 9 nitrogen and oxygen atoms in total. The Kier molecular flexibility index (Phi) is 7.69. The Morgan fingerprint density at radius 2 is 1.89 bits per heavy atom. The van der Waals surface area contributed by atoms with Crippen molar-refractivity contribution in [2.24, 2.45) is 0 Å². The fourth-order valence-corrected chi connectivity index (χ4v) is 4.67. The molecule has 0 saturated carbocycles. The Morgan fingerprint density at radius 3 is 2.54 bits per heavy atom. The Labute approximate surface area is 213 Å². The van der Waals surface area contributed by atoms with Crippen LogP contribution in [0.25, 0.3) is 0 Å². The van der Waals surface area contributed by atoms with Crippen molar-refractivity contribution in [2.45, 2.75) is 13.0 Å². The van der Waals surface area contributed by atoms with Gasteiger partial charge in [0.15, 0.2) is 5.76 Å². The molecular formula is C24H26Cl2N4O5. The highest BCUT2D eigenvalue weighted by Crippen LogP contribution is 2.37. The van der Waals surface area contributed by atoms with Crippen molar-refractivity contribution < 1.29 is 23.5 Å². The molecule has 2 aliphatic heterocycles. The normalized spacial score (nSPS) is 19.1. The third-order valence-corrected chi connectivity index (χ3v) is 6.96. The number of hydrogen-bond acceptors (Lipinski definition) is 6. The number of nitrogens with zero attached hydrogens (tertiary/aromatic N) is 3. The molecule has 2 aromatic rings. The number of likely N-dealkylation sites (N-methyl/N-ethyl adjacent to an activating group) is 1. The lowest BCUT2D eigenvalue weighted by Crippen LogP contribution is -2.53. The molecule has 186 valence electrons. The third kappa shape index (κ3) is 5.17. The quantitative estimate of drug-likeness (QED) is 0.585. The van der Waals surface area contributed by atoms with Crippen LogP contribution in [0.4, 0.5) is 4.79 Å². The number of urea groups is 1. The summed E-state index contributed by atoms with van der Waals surface area (Å²) in [5.41, 5.74) is 1.32. The van der Waals surface area contributed by atoms with E-state index in [1.807, 2.05) is 0 Å². The van der Waals surface area contributed by atoms with Crippen molar-refractivity contribution in [3.8, 4) is 0 Å². The van der Waals surface area contributed by atoms with Crippen molar-refractivity contribution >= 4 is 41.1 Å². The molecule has 1 fully saturated rings. The van der Waals surface area contributed by atoms with Gasteiger partial charge in [0, 0.05) is 45.5 Å². The van der Waals surface area contributed by atoms with Gasteiger partial charge in [0.25, 0.3) is 5.91 Å². The van der Waals surface area contributed by atoms with Crippen LogP contribution < -0.4 is 5.32 Å². The van der Waals surface area contributed by atoms with Crippen LogP contribution in [-0.2, 0) is 9.53 Å². The molecule has 3 heterocycles. The topological polar surface area (TPSA) is 95.3 Å². The largest absolute Gasteiger partial charge is 0.463 e. The molecule has 0 radical (unpaired) electrons. The molecule has 1 aromatic carbocycles. The zero-order valence-corrected chi connectivity index (χ0v) is 20.9. The summed E-state index contributed by atoms with van der Waals surface area (Å²) in [4.78, 5) is 43.9. The Balaban J connectivity index is 1.61. The van der Waals surface area contributed by atoms with Crippen LogP contribution >= 0.6 is 23.2 Å². The summed E-state index contributed by atoms with van der Waals surface area (Å²) in [5.74, 6) is -0.399. The predicted molar refractivity (Wildman–Crippen MR) is 130 cm³/mol. The number of esters is 1. The van der Waals surface area contributed by atoms with E-state index < -0.39 is 12.0 Å². The van der Waals surface area contributed by atoms with Crippen molar-refractivity contribution in [3.63, 3.8) is 0 Å². The summed E-state index contributed by atoms with van der Waals surface area (Å²) in [5, 5.41) is 3.43. The fourth-order valence-electron chi connectivity index (χ4n) is 4.25. The first-order chi connectivity index (χ1) is 16.8. The minimum atomic E-state index is -0.819. The number of piperazine rings is 1. The highest BCUT2D eigenvalue weighted by atomic mass is 35.5. The van der Waals surface area contributed by atoms with Crippen LogP contribution in [-0.4, -0.2) is 79.0 Å². The van der Waals surface area contributed by atoms with Gasteiger partial charge in [-0.3, -0.25) is 14.6 Å². The van der Waals surface area contributed by atoms with Crippen LogP contribution in [0, 0.1) is 0 Å². The Hall–Kier alpha value is -3.01. The van der Waals surface area contributed by atoms with Crippen molar-refractivity contribution in [2.75, 3.05) is 46.4 Å². The first-order valence-electron chi connectivity index (χ1n) is 11.2. The number of carbonyl (C=O) groups excluding carboxylic acids is 3. The molecule has 1 saturated heterocycles. The van der Waals surface area contributed by atoms with E-state index >= 15 is 0 Å². The molecule has 1 N–H and O–H groups in total. The molecule has 4 rings (SSSR count). The first-order valence-corrected chi connectivity index (χ1v) is 12.0. The second-order valence-electron chi connectivity index (χ2n) is 8.21. The van der Waals surface area contributed by atoms with E-state index in [1.54, 1.807) is 49.2 Å². The van der Waals surface area contributed by atoms with Gasteiger partial charge in [0.1, 0.15) is 0 Å². The van der Waals surface area contributed by atoms with E-state index in [0.29, 0.717) is 60.3 Å². The lowest BCUT2D eigenvalue weighted by atomic mass is 9.94. The number of rotatable bonds is 6. The lowest BCUT2D eigenvalue weighted by molar-refractivity contribution is -0.139. The summed E-state index contributed by atoms with van der Waals surface area (Å²) in [6, 6.07) is 7.21. The fraction of sp³-hybridized carbons (Fsp3) is 0.375. The minimum Gasteiger partial charge on any atom is -0.463 e. The van der Waals surface area contributed by atoms with E-state index in [-0.39, 0.29) is 23.6 Å². The van der Waals surface area contributed by atoms with E-state index in [9.17, 15) is 14.4 Å². The number of halogens is 2. The first kappa shape index (κ1) is 25.1. The smallest absolute Gasteiger partial charge is 0.338 e. The molecular weight excluding hydrogens is 495 g/mol. The zero-order chi connectivity index (χ0) is 25.1. The van der Waals surface area contributed by atoms with Gasteiger partial charge in [-0.25, -0.2) is 9.59 Å². The van der Waals surface area contributed by atoms with Gasteiger partial charge in [-0.2, -0.15) is 0 Å². The predicted octanol–water partition coefficient (Wildman–Crippen LogP) is 3.56. The van der Waals surface area contributed by atoms with Crippen LogP contribution in [0.3, 0.4) is 0 Å². The van der Waals surface area contributed by atoms with Gasteiger partial charge in [-0.15, -0.1) is 0 Å². The van der Waals surface area contributed by atoms with Crippen LogP contribution in [0.5, 0.6) is 0 Å². The SMILES string of the molecule is CCOC(=O)C1=C(CN2CCN(C(=O)c3ccco3)CC2)N(C)C(=O)NC1c1cccc(Cl)c1Cl. The Morgan fingerprint density at radius 1 is 1.14 bits per heavy atom. The van der Waals surface area contributed by atoms with Crippen LogP contribution in [0.2, 0.25) is 10.0 Å². The molecule has 1 aromatic heterocycles. The van der Waals surface area contributed by atoms with Crippen molar-refractivity contribution in [1.29, 1.82) is 0 Å². The molecule has 0 bridgehead atoms. The number of benzene rings is 1. The van der Waals surface area contributed by atoms with E-state index in [2.05, 4.69) is 10.2 Å². The molecule has 0 aliphatic carbocycles. The average Bonchev–Trinajstić information content (AvgIpc) is 3.39. The van der Waals surface area contributed by atoms with Crippen molar-refractivity contribution in [3.05, 3.63) is 69.2 Å². The minimum absolute atomic E-state index is 0.161.